The fraction of sp³-hybridized carbons (Fsp3) is 0.882. The van der Waals surface area contributed by atoms with Crippen LogP contribution in [0.15, 0.2) is 12.2 Å². The summed E-state index contributed by atoms with van der Waals surface area (Å²) >= 11 is 0. The van der Waals surface area contributed by atoms with Gasteiger partial charge < -0.3 is 14.6 Å². The van der Waals surface area contributed by atoms with Crippen molar-refractivity contribution < 1.29 is 58.6 Å². The van der Waals surface area contributed by atoms with Gasteiger partial charge in [-0.05, 0) is 56.3 Å². The van der Waals surface area contributed by atoms with Gasteiger partial charge in [0.1, 0.15) is 0 Å². The number of fused-ring (bicyclic) bond motifs is 2. The molecule has 1 N–H and O–H groups in total. The van der Waals surface area contributed by atoms with Gasteiger partial charge in [-0.25, -0.2) is 0 Å². The predicted molar refractivity (Wildman–Crippen MR) is 78.2 cm³/mol. The van der Waals surface area contributed by atoms with Gasteiger partial charge in [-0.15, -0.1) is 0 Å². The molecule has 4 heteroatoms. The van der Waals surface area contributed by atoms with E-state index >= 15 is 0 Å². The largest absolute Gasteiger partial charge is 0.393 e. The predicted octanol–water partition coefficient (Wildman–Crippen LogP) is 3.27. The number of hydrogen-bond acceptors (Lipinski definition) is 3. The average molecular weight is 507 g/mol. The summed E-state index contributed by atoms with van der Waals surface area (Å²) in [6.07, 6.45) is 13.4. The topological polar surface area (TPSA) is 38.7 Å². The molecule has 1 heterocycles. The number of ether oxygens (including phenoxy) is 2. The minimum atomic E-state index is -0.182. The maximum atomic E-state index is 10.1. The third kappa shape index (κ3) is 5.57. The van der Waals surface area contributed by atoms with Crippen LogP contribution < -0.4 is 0 Å². The first-order valence-corrected chi connectivity index (χ1v) is 8.41. The van der Waals surface area contributed by atoms with Crippen LogP contribution in [0.2, 0.25) is 0 Å². The zero-order valence-electron chi connectivity index (χ0n) is 13.0. The van der Waals surface area contributed by atoms with E-state index in [1.165, 1.54) is 19.3 Å². The first-order valence-electron chi connectivity index (χ1n) is 8.41. The van der Waals surface area contributed by atoms with E-state index in [0.717, 1.165) is 63.1 Å². The average Bonchev–Trinajstić information content (AvgIpc) is 3.09. The maximum Gasteiger partial charge on any atom is 0.157 e. The van der Waals surface area contributed by atoms with Crippen molar-refractivity contribution in [2.75, 3.05) is 13.2 Å². The van der Waals surface area contributed by atoms with Gasteiger partial charge >= 0.3 is 0 Å². The Labute approximate surface area is 164 Å². The van der Waals surface area contributed by atoms with Crippen molar-refractivity contribution in [1.82, 2.24) is 0 Å². The molecule has 2 bridgehead atoms. The molecule has 1 aliphatic heterocycles. The van der Waals surface area contributed by atoms with Gasteiger partial charge in [-0.3, -0.25) is 0 Å². The van der Waals surface area contributed by atoms with E-state index in [0.29, 0.717) is 0 Å². The molecule has 0 aromatic carbocycles. The fourth-order valence-electron chi connectivity index (χ4n) is 4.02. The minimum absolute atomic E-state index is 0. The minimum Gasteiger partial charge on any atom is -0.393 e. The van der Waals surface area contributed by atoms with Gasteiger partial charge in [0.2, 0.25) is 0 Å². The molecule has 3 aliphatic rings. The second-order valence-electron chi connectivity index (χ2n) is 6.73. The standard InChI is InChI=1S/C17H28O3.Ac/c18-16(7-8-17-19-9-2-10-20-17)4-1-3-14-11-13-5-6-15(14)12-13;/h5-6,13-18H,1-4,7-12H2;. The Morgan fingerprint density at radius 3 is 2.52 bits per heavy atom. The third-order valence-electron chi connectivity index (χ3n) is 5.16. The van der Waals surface area contributed by atoms with Crippen molar-refractivity contribution >= 4 is 0 Å². The van der Waals surface area contributed by atoms with E-state index in [9.17, 15) is 5.11 Å². The van der Waals surface area contributed by atoms with Crippen LogP contribution in [0, 0.1) is 61.8 Å². The summed E-state index contributed by atoms with van der Waals surface area (Å²) in [4.78, 5) is 0. The van der Waals surface area contributed by atoms with Crippen molar-refractivity contribution in [3.05, 3.63) is 12.2 Å². The van der Waals surface area contributed by atoms with Gasteiger partial charge in [-0.2, -0.15) is 0 Å². The molecule has 117 valence electrons. The van der Waals surface area contributed by atoms with Crippen LogP contribution in [0.25, 0.3) is 0 Å². The van der Waals surface area contributed by atoms with E-state index in [-0.39, 0.29) is 56.5 Å². The summed E-state index contributed by atoms with van der Waals surface area (Å²) in [5.74, 6) is 2.61. The normalized spacial score (nSPS) is 33.1. The SMILES string of the molecule is OC(CCCC1CC2C=CC1C2)CCC1OCCCO1.[Ac]. The van der Waals surface area contributed by atoms with E-state index in [1.807, 2.05) is 0 Å². The van der Waals surface area contributed by atoms with Crippen molar-refractivity contribution in [3.63, 3.8) is 0 Å². The van der Waals surface area contributed by atoms with Crippen LogP contribution in [-0.2, 0) is 9.47 Å². The number of aliphatic hydroxyl groups is 1. The van der Waals surface area contributed by atoms with Gasteiger partial charge in [-0.1, -0.05) is 18.6 Å². The molecule has 3 nitrogen and oxygen atoms in total. The Balaban J connectivity index is 0.00000161. The Bertz CT molecular complexity index is 328. The summed E-state index contributed by atoms with van der Waals surface area (Å²) < 4.78 is 11.0. The van der Waals surface area contributed by atoms with Gasteiger partial charge in [0.25, 0.3) is 0 Å². The van der Waals surface area contributed by atoms with E-state index in [2.05, 4.69) is 12.2 Å². The van der Waals surface area contributed by atoms with Crippen molar-refractivity contribution in [1.29, 1.82) is 0 Å². The molecule has 1 saturated carbocycles. The number of allylic oxidation sites excluding steroid dienone is 2. The van der Waals surface area contributed by atoms with Crippen molar-refractivity contribution in [3.8, 4) is 0 Å². The summed E-state index contributed by atoms with van der Waals surface area (Å²) in [6.45, 7) is 1.61. The Morgan fingerprint density at radius 2 is 1.86 bits per heavy atom. The number of hydrogen-bond donors (Lipinski definition) is 1. The van der Waals surface area contributed by atoms with E-state index < -0.39 is 0 Å². The van der Waals surface area contributed by atoms with Crippen LogP contribution in [-0.4, -0.2) is 30.7 Å². The van der Waals surface area contributed by atoms with Crippen LogP contribution in [0.4, 0.5) is 0 Å². The number of aliphatic hydroxyl groups excluding tert-OH is 1. The third-order valence-corrected chi connectivity index (χ3v) is 5.16. The van der Waals surface area contributed by atoms with Gasteiger partial charge in [0, 0.05) is 50.5 Å². The zero-order chi connectivity index (χ0) is 13.8. The molecule has 1 saturated heterocycles. The van der Waals surface area contributed by atoms with Crippen LogP contribution in [0.3, 0.4) is 0 Å². The zero-order valence-corrected chi connectivity index (χ0v) is 17.7. The maximum absolute atomic E-state index is 10.1. The van der Waals surface area contributed by atoms with E-state index in [4.69, 9.17) is 9.47 Å². The molecule has 4 atom stereocenters. The van der Waals surface area contributed by atoms with Gasteiger partial charge in [0.05, 0.1) is 19.3 Å². The van der Waals surface area contributed by atoms with Crippen LogP contribution >= 0.6 is 0 Å². The quantitative estimate of drug-likeness (QED) is 0.538. The summed E-state index contributed by atoms with van der Waals surface area (Å²) in [6, 6.07) is 0. The fourth-order valence-corrected chi connectivity index (χ4v) is 4.02. The number of rotatable bonds is 7. The molecule has 0 spiro atoms. The molecule has 4 unspecified atom stereocenters. The first kappa shape index (κ1) is 18.4. The summed E-state index contributed by atoms with van der Waals surface area (Å²) in [7, 11) is 0. The first-order chi connectivity index (χ1) is 9.81. The Kier molecular flexibility index (Phi) is 8.22. The van der Waals surface area contributed by atoms with E-state index in [1.54, 1.807) is 0 Å². The Morgan fingerprint density at radius 1 is 1.05 bits per heavy atom. The molecular weight excluding hydrogens is 479 g/mol. The second kappa shape index (κ2) is 9.38. The summed E-state index contributed by atoms with van der Waals surface area (Å²) in [5.41, 5.74) is 0. The molecule has 2 aliphatic carbocycles. The molecule has 21 heavy (non-hydrogen) atoms. The van der Waals surface area contributed by atoms with Crippen LogP contribution in [0.1, 0.15) is 51.4 Å². The molecular formula is C17H28AcO3. The monoisotopic (exact) mass is 507 g/mol. The molecule has 1 radical (unpaired) electrons. The smallest absolute Gasteiger partial charge is 0.157 e. The van der Waals surface area contributed by atoms with Crippen molar-refractivity contribution in [2.45, 2.75) is 63.8 Å². The molecule has 3 rings (SSSR count). The summed E-state index contributed by atoms with van der Waals surface area (Å²) in [5, 5.41) is 10.1. The molecule has 0 amide bonds. The molecule has 0 aromatic rings. The second-order valence-corrected chi connectivity index (χ2v) is 6.73. The van der Waals surface area contributed by atoms with Crippen molar-refractivity contribution in [2.24, 2.45) is 17.8 Å². The van der Waals surface area contributed by atoms with Crippen LogP contribution in [0.5, 0.6) is 0 Å². The Hall–Kier alpha value is 1.06. The molecule has 0 aromatic heterocycles. The van der Waals surface area contributed by atoms with Gasteiger partial charge in [0.15, 0.2) is 6.29 Å². The molecule has 2 fully saturated rings.